The van der Waals surface area contributed by atoms with Crippen molar-refractivity contribution in [3.05, 3.63) is 0 Å². The fourth-order valence-corrected chi connectivity index (χ4v) is 2.65. The molecule has 2 unspecified atom stereocenters. The summed E-state index contributed by atoms with van der Waals surface area (Å²) in [7, 11) is 0. The Morgan fingerprint density at radius 1 is 1.28 bits per heavy atom. The highest BCUT2D eigenvalue weighted by Gasteiger charge is 2.24. The van der Waals surface area contributed by atoms with Crippen molar-refractivity contribution in [2.75, 3.05) is 32.8 Å². The van der Waals surface area contributed by atoms with E-state index < -0.39 is 0 Å². The zero-order chi connectivity index (χ0) is 13.4. The minimum absolute atomic E-state index is 0.453. The molecule has 0 amide bonds. The number of nitrogens with zero attached hydrogens (tertiary/aromatic N) is 1. The minimum Gasteiger partial charge on any atom is -0.378 e. The zero-order valence-electron chi connectivity index (χ0n) is 12.7. The first kappa shape index (κ1) is 15.9. The Kier molecular flexibility index (Phi) is 7.87. The van der Waals surface area contributed by atoms with Crippen LogP contribution in [0.5, 0.6) is 0 Å². The highest BCUT2D eigenvalue weighted by molar-refractivity contribution is 4.78. The molecule has 1 aliphatic rings. The second kappa shape index (κ2) is 8.89. The predicted molar refractivity (Wildman–Crippen MR) is 78.0 cm³/mol. The van der Waals surface area contributed by atoms with E-state index in [1.165, 1.54) is 32.4 Å². The molecule has 0 saturated carbocycles. The van der Waals surface area contributed by atoms with E-state index in [0.29, 0.717) is 18.1 Å². The number of hydrogen-bond acceptors (Lipinski definition) is 3. The van der Waals surface area contributed by atoms with Crippen molar-refractivity contribution in [1.82, 2.24) is 10.2 Å². The van der Waals surface area contributed by atoms with Crippen molar-refractivity contribution >= 4 is 0 Å². The van der Waals surface area contributed by atoms with Crippen molar-refractivity contribution in [3.63, 3.8) is 0 Å². The smallest absolute Gasteiger partial charge is 0.0612 e. The molecule has 1 saturated heterocycles. The van der Waals surface area contributed by atoms with E-state index in [9.17, 15) is 0 Å². The normalized spacial score (nSPS) is 25.0. The van der Waals surface area contributed by atoms with Gasteiger partial charge in [0.15, 0.2) is 0 Å². The average Bonchev–Trinajstić information content (AvgIpc) is 2.38. The topological polar surface area (TPSA) is 24.5 Å². The highest BCUT2D eigenvalue weighted by Crippen LogP contribution is 2.19. The SMILES string of the molecule is CCCN(CC)CCNC1CCOC(C(C)C)C1. The van der Waals surface area contributed by atoms with E-state index >= 15 is 0 Å². The van der Waals surface area contributed by atoms with Crippen LogP contribution < -0.4 is 5.32 Å². The maximum Gasteiger partial charge on any atom is 0.0612 e. The van der Waals surface area contributed by atoms with Gasteiger partial charge in [-0.1, -0.05) is 27.7 Å². The minimum atomic E-state index is 0.453. The molecule has 1 fully saturated rings. The van der Waals surface area contributed by atoms with Gasteiger partial charge in [-0.05, 0) is 38.3 Å². The predicted octanol–water partition coefficient (Wildman–Crippen LogP) is 2.51. The fourth-order valence-electron chi connectivity index (χ4n) is 2.65. The summed E-state index contributed by atoms with van der Waals surface area (Å²) in [5, 5.41) is 3.71. The number of ether oxygens (including phenoxy) is 1. The van der Waals surface area contributed by atoms with Crippen LogP contribution >= 0.6 is 0 Å². The van der Waals surface area contributed by atoms with Crippen LogP contribution in [0.1, 0.15) is 47.0 Å². The molecular formula is C15H32N2O. The Labute approximate surface area is 113 Å². The second-order valence-electron chi connectivity index (χ2n) is 5.76. The van der Waals surface area contributed by atoms with Gasteiger partial charge in [-0.25, -0.2) is 0 Å². The zero-order valence-corrected chi connectivity index (χ0v) is 12.7. The van der Waals surface area contributed by atoms with Gasteiger partial charge in [-0.3, -0.25) is 0 Å². The molecule has 0 aliphatic carbocycles. The molecule has 0 spiro atoms. The van der Waals surface area contributed by atoms with Crippen LogP contribution in [0.3, 0.4) is 0 Å². The Morgan fingerprint density at radius 3 is 2.67 bits per heavy atom. The van der Waals surface area contributed by atoms with Crippen molar-refractivity contribution in [2.24, 2.45) is 5.92 Å². The molecule has 1 aliphatic heterocycles. The largest absolute Gasteiger partial charge is 0.378 e. The molecule has 2 atom stereocenters. The Morgan fingerprint density at radius 2 is 2.06 bits per heavy atom. The van der Waals surface area contributed by atoms with E-state index in [1.807, 2.05) is 0 Å². The quantitative estimate of drug-likeness (QED) is 0.722. The lowest BCUT2D eigenvalue weighted by molar-refractivity contribution is -0.0244. The standard InChI is InChI=1S/C15H32N2O/c1-5-9-17(6-2)10-8-16-14-7-11-18-15(12-14)13(3)4/h13-16H,5-12H2,1-4H3. The van der Waals surface area contributed by atoms with Crippen LogP contribution in [0.4, 0.5) is 0 Å². The van der Waals surface area contributed by atoms with Crippen LogP contribution in [0.2, 0.25) is 0 Å². The molecule has 3 heteroatoms. The average molecular weight is 256 g/mol. The molecule has 0 aromatic carbocycles. The maximum atomic E-state index is 5.81. The van der Waals surface area contributed by atoms with E-state index in [1.54, 1.807) is 0 Å². The summed E-state index contributed by atoms with van der Waals surface area (Å²) >= 11 is 0. The van der Waals surface area contributed by atoms with Crippen molar-refractivity contribution < 1.29 is 4.74 Å². The lowest BCUT2D eigenvalue weighted by Crippen LogP contribution is -2.43. The van der Waals surface area contributed by atoms with Crippen molar-refractivity contribution in [3.8, 4) is 0 Å². The van der Waals surface area contributed by atoms with Gasteiger partial charge in [-0.15, -0.1) is 0 Å². The molecule has 0 bridgehead atoms. The molecule has 3 nitrogen and oxygen atoms in total. The lowest BCUT2D eigenvalue weighted by atomic mass is 9.95. The van der Waals surface area contributed by atoms with Gasteiger partial charge in [0, 0.05) is 25.7 Å². The number of hydrogen-bond donors (Lipinski definition) is 1. The molecule has 18 heavy (non-hydrogen) atoms. The van der Waals surface area contributed by atoms with Gasteiger partial charge in [0.1, 0.15) is 0 Å². The van der Waals surface area contributed by atoms with E-state index in [2.05, 4.69) is 37.9 Å². The van der Waals surface area contributed by atoms with Gasteiger partial charge < -0.3 is 15.0 Å². The molecule has 0 radical (unpaired) electrons. The second-order valence-corrected chi connectivity index (χ2v) is 5.76. The summed E-state index contributed by atoms with van der Waals surface area (Å²) in [6, 6.07) is 0.659. The summed E-state index contributed by atoms with van der Waals surface area (Å²) in [5.74, 6) is 0.641. The fraction of sp³-hybridized carbons (Fsp3) is 1.00. The van der Waals surface area contributed by atoms with Crippen molar-refractivity contribution in [2.45, 2.75) is 59.1 Å². The van der Waals surface area contributed by atoms with Crippen LogP contribution in [0.15, 0.2) is 0 Å². The van der Waals surface area contributed by atoms with Gasteiger partial charge in [0.05, 0.1) is 6.10 Å². The number of rotatable bonds is 8. The summed E-state index contributed by atoms with van der Waals surface area (Å²) in [6.45, 7) is 14.6. The lowest BCUT2D eigenvalue weighted by Gasteiger charge is -2.33. The van der Waals surface area contributed by atoms with Gasteiger partial charge in [0.2, 0.25) is 0 Å². The van der Waals surface area contributed by atoms with Crippen LogP contribution in [-0.4, -0.2) is 49.8 Å². The van der Waals surface area contributed by atoms with Crippen LogP contribution in [-0.2, 0) is 4.74 Å². The first-order valence-corrected chi connectivity index (χ1v) is 7.74. The summed E-state index contributed by atoms with van der Waals surface area (Å²) < 4.78 is 5.81. The molecule has 1 heterocycles. The highest BCUT2D eigenvalue weighted by atomic mass is 16.5. The Bertz CT molecular complexity index is 209. The third kappa shape index (κ3) is 5.68. The third-order valence-corrected chi connectivity index (χ3v) is 3.91. The summed E-state index contributed by atoms with van der Waals surface area (Å²) in [4.78, 5) is 2.52. The van der Waals surface area contributed by atoms with Crippen molar-refractivity contribution in [1.29, 1.82) is 0 Å². The maximum absolute atomic E-state index is 5.81. The third-order valence-electron chi connectivity index (χ3n) is 3.91. The van der Waals surface area contributed by atoms with Gasteiger partial charge >= 0.3 is 0 Å². The van der Waals surface area contributed by atoms with E-state index in [0.717, 1.165) is 19.7 Å². The molecule has 108 valence electrons. The Balaban J connectivity index is 2.18. The first-order chi connectivity index (χ1) is 8.67. The Hall–Kier alpha value is -0.120. The van der Waals surface area contributed by atoms with E-state index in [-0.39, 0.29) is 0 Å². The number of nitrogens with one attached hydrogen (secondary N) is 1. The van der Waals surface area contributed by atoms with Crippen LogP contribution in [0, 0.1) is 5.92 Å². The number of likely N-dealkylation sites (N-methyl/N-ethyl adjacent to an activating group) is 1. The summed E-state index contributed by atoms with van der Waals surface area (Å²) in [6.07, 6.45) is 4.05. The first-order valence-electron chi connectivity index (χ1n) is 7.74. The van der Waals surface area contributed by atoms with Gasteiger partial charge in [0.25, 0.3) is 0 Å². The van der Waals surface area contributed by atoms with Gasteiger partial charge in [-0.2, -0.15) is 0 Å². The summed E-state index contributed by atoms with van der Waals surface area (Å²) in [5.41, 5.74) is 0. The van der Waals surface area contributed by atoms with Crippen LogP contribution in [0.25, 0.3) is 0 Å². The molecule has 0 aromatic heterocycles. The molecule has 1 N–H and O–H groups in total. The molecule has 0 aromatic rings. The van der Waals surface area contributed by atoms with E-state index in [4.69, 9.17) is 4.74 Å². The monoisotopic (exact) mass is 256 g/mol. The molecule has 1 rings (SSSR count). The molecular weight excluding hydrogens is 224 g/mol.